The number of nitrogens with zero attached hydrogens (tertiary/aromatic N) is 1. The van der Waals surface area contributed by atoms with E-state index in [2.05, 4.69) is 5.32 Å². The molecule has 1 aromatic carbocycles. The van der Waals surface area contributed by atoms with Crippen LogP contribution in [-0.4, -0.2) is 16.5 Å². The second kappa shape index (κ2) is 6.56. The lowest BCUT2D eigenvalue weighted by Crippen LogP contribution is -2.36. The molecule has 0 aliphatic heterocycles. The van der Waals surface area contributed by atoms with Gasteiger partial charge < -0.3 is 9.88 Å². The number of hydrogen-bond donors (Lipinski definition) is 1. The molecule has 1 heterocycles. The van der Waals surface area contributed by atoms with Crippen molar-refractivity contribution in [3.05, 3.63) is 69.4 Å². The van der Waals surface area contributed by atoms with E-state index in [1.54, 1.807) is 24.4 Å². The first-order valence-electron chi connectivity index (χ1n) is 7.13. The Morgan fingerprint density at radius 2 is 1.91 bits per heavy atom. The van der Waals surface area contributed by atoms with E-state index in [9.17, 15) is 14.0 Å². The van der Waals surface area contributed by atoms with Gasteiger partial charge in [-0.2, -0.15) is 0 Å². The van der Waals surface area contributed by atoms with E-state index in [1.807, 2.05) is 20.8 Å². The summed E-state index contributed by atoms with van der Waals surface area (Å²) in [5.74, 6) is -0.700. The second-order valence-electron chi connectivity index (χ2n) is 5.62. The summed E-state index contributed by atoms with van der Waals surface area (Å²) < 4.78 is 14.4. The second-order valence-corrected chi connectivity index (χ2v) is 5.62. The molecule has 1 aromatic heterocycles. The van der Waals surface area contributed by atoms with E-state index in [0.717, 1.165) is 11.1 Å². The van der Waals surface area contributed by atoms with Gasteiger partial charge in [-0.25, -0.2) is 4.39 Å². The number of hydrogen-bond acceptors (Lipinski definition) is 2. The maximum absolute atomic E-state index is 12.9. The topological polar surface area (TPSA) is 51.1 Å². The highest BCUT2D eigenvalue weighted by Crippen LogP contribution is 2.06. The smallest absolute Gasteiger partial charge is 0.263 e. The van der Waals surface area contributed by atoms with Crippen molar-refractivity contribution in [2.24, 2.45) is 0 Å². The van der Waals surface area contributed by atoms with Crippen LogP contribution in [0.5, 0.6) is 0 Å². The lowest BCUT2D eigenvalue weighted by atomic mass is 10.1. The average molecular weight is 302 g/mol. The molecule has 22 heavy (non-hydrogen) atoms. The maximum Gasteiger partial charge on any atom is 0.263 e. The van der Waals surface area contributed by atoms with Crippen LogP contribution in [0.1, 0.15) is 35.3 Å². The van der Waals surface area contributed by atoms with Gasteiger partial charge in [0.05, 0.1) is 6.54 Å². The van der Waals surface area contributed by atoms with Gasteiger partial charge in [-0.05, 0) is 50.1 Å². The van der Waals surface area contributed by atoms with Crippen LogP contribution in [0.2, 0.25) is 0 Å². The number of carbonyl (C=O) groups is 1. The number of nitrogens with one attached hydrogen (secondary N) is 1. The quantitative estimate of drug-likeness (QED) is 0.943. The van der Waals surface area contributed by atoms with Crippen molar-refractivity contribution < 1.29 is 9.18 Å². The van der Waals surface area contributed by atoms with E-state index in [1.165, 1.54) is 16.7 Å². The minimum absolute atomic E-state index is 0.0436. The van der Waals surface area contributed by atoms with Crippen molar-refractivity contribution in [2.45, 2.75) is 33.4 Å². The number of aromatic nitrogens is 1. The van der Waals surface area contributed by atoms with Crippen LogP contribution in [0.4, 0.5) is 4.39 Å². The number of pyridine rings is 1. The Morgan fingerprint density at radius 3 is 2.50 bits per heavy atom. The van der Waals surface area contributed by atoms with Crippen LogP contribution in [0, 0.1) is 12.7 Å². The summed E-state index contributed by atoms with van der Waals surface area (Å²) in [5, 5.41) is 2.72. The van der Waals surface area contributed by atoms with Crippen molar-refractivity contribution in [2.75, 3.05) is 0 Å². The van der Waals surface area contributed by atoms with Gasteiger partial charge in [0, 0.05) is 12.2 Å². The molecule has 0 bridgehead atoms. The number of halogens is 1. The third kappa shape index (κ3) is 3.81. The number of rotatable bonds is 4. The molecule has 0 atom stereocenters. The molecule has 2 aromatic rings. The van der Waals surface area contributed by atoms with Gasteiger partial charge in [0.2, 0.25) is 0 Å². The molecule has 0 aliphatic rings. The molecule has 0 saturated heterocycles. The van der Waals surface area contributed by atoms with Gasteiger partial charge in [-0.15, -0.1) is 0 Å². The number of aryl methyl sites for hydroxylation is 1. The van der Waals surface area contributed by atoms with E-state index in [-0.39, 0.29) is 28.9 Å². The molecule has 4 nitrogen and oxygen atoms in total. The molecular weight excluding hydrogens is 283 g/mol. The van der Waals surface area contributed by atoms with Crippen molar-refractivity contribution in [3.63, 3.8) is 0 Å². The summed E-state index contributed by atoms with van der Waals surface area (Å²) in [7, 11) is 0. The lowest BCUT2D eigenvalue weighted by molar-refractivity contribution is 0.0941. The van der Waals surface area contributed by atoms with Crippen molar-refractivity contribution in [1.29, 1.82) is 0 Å². The number of amides is 1. The Balaban J connectivity index is 2.36. The van der Waals surface area contributed by atoms with Gasteiger partial charge in [-0.3, -0.25) is 9.59 Å². The summed E-state index contributed by atoms with van der Waals surface area (Å²) in [6.07, 6.45) is 1.69. The largest absolute Gasteiger partial charge is 0.350 e. The summed E-state index contributed by atoms with van der Waals surface area (Å²) in [4.78, 5) is 24.5. The van der Waals surface area contributed by atoms with E-state index in [0.29, 0.717) is 6.54 Å². The predicted molar refractivity (Wildman–Crippen MR) is 83.5 cm³/mol. The molecule has 0 radical (unpaired) electrons. The first-order chi connectivity index (χ1) is 10.4. The Bertz CT molecular complexity index is 733. The maximum atomic E-state index is 12.9. The molecular formula is C17H19FN2O2. The Labute approximate surface area is 128 Å². The van der Waals surface area contributed by atoms with Crippen LogP contribution in [0.15, 0.2) is 41.3 Å². The van der Waals surface area contributed by atoms with Crippen LogP contribution in [0.25, 0.3) is 0 Å². The zero-order valence-corrected chi connectivity index (χ0v) is 12.9. The van der Waals surface area contributed by atoms with Gasteiger partial charge in [0.25, 0.3) is 11.5 Å². The van der Waals surface area contributed by atoms with Gasteiger partial charge in [0.1, 0.15) is 11.4 Å². The van der Waals surface area contributed by atoms with Gasteiger partial charge >= 0.3 is 0 Å². The fourth-order valence-corrected chi connectivity index (χ4v) is 2.19. The third-order valence-electron chi connectivity index (χ3n) is 3.15. The molecule has 116 valence electrons. The number of benzene rings is 1. The lowest BCUT2D eigenvalue weighted by Gasteiger charge is -2.12. The SMILES string of the molecule is Cc1cc(C(=O)NC(C)C)c(=O)n(Cc2ccc(F)cc2)c1. The molecule has 0 aliphatic carbocycles. The Hall–Kier alpha value is -2.43. The fraction of sp³-hybridized carbons (Fsp3) is 0.294. The molecule has 0 saturated carbocycles. The normalized spacial score (nSPS) is 10.8. The van der Waals surface area contributed by atoms with Gasteiger partial charge in [-0.1, -0.05) is 12.1 Å². The highest BCUT2D eigenvalue weighted by atomic mass is 19.1. The summed E-state index contributed by atoms with van der Waals surface area (Å²) in [6, 6.07) is 7.49. The van der Waals surface area contributed by atoms with Crippen LogP contribution >= 0.6 is 0 Å². The zero-order valence-electron chi connectivity index (χ0n) is 12.9. The molecule has 2 rings (SSSR count). The van der Waals surface area contributed by atoms with Crippen LogP contribution in [-0.2, 0) is 6.54 Å². The minimum Gasteiger partial charge on any atom is -0.350 e. The Morgan fingerprint density at radius 1 is 1.27 bits per heavy atom. The van der Waals surface area contributed by atoms with Crippen molar-refractivity contribution in [3.8, 4) is 0 Å². The van der Waals surface area contributed by atoms with Crippen LogP contribution in [0.3, 0.4) is 0 Å². The molecule has 0 spiro atoms. The molecule has 1 amide bonds. The summed E-state index contributed by atoms with van der Waals surface area (Å²) in [5.41, 5.74) is 1.38. The Kier molecular flexibility index (Phi) is 4.75. The summed E-state index contributed by atoms with van der Waals surface area (Å²) in [6.45, 7) is 5.80. The highest BCUT2D eigenvalue weighted by molar-refractivity contribution is 5.94. The standard InChI is InChI=1S/C17H19FN2O2/c1-11(2)19-16(21)15-8-12(3)9-20(17(15)22)10-13-4-6-14(18)7-5-13/h4-9,11H,10H2,1-3H3,(H,19,21). The monoisotopic (exact) mass is 302 g/mol. The predicted octanol–water partition coefficient (Wildman–Crippen LogP) is 2.48. The zero-order chi connectivity index (χ0) is 16.3. The molecule has 5 heteroatoms. The fourth-order valence-electron chi connectivity index (χ4n) is 2.19. The van der Waals surface area contributed by atoms with E-state index >= 15 is 0 Å². The molecule has 0 unspecified atom stereocenters. The average Bonchev–Trinajstić information content (AvgIpc) is 2.44. The minimum atomic E-state index is -0.378. The molecule has 1 N–H and O–H groups in total. The third-order valence-corrected chi connectivity index (χ3v) is 3.15. The molecule has 0 fully saturated rings. The van der Waals surface area contributed by atoms with Crippen molar-refractivity contribution in [1.82, 2.24) is 9.88 Å². The first kappa shape index (κ1) is 15.9. The van der Waals surface area contributed by atoms with E-state index < -0.39 is 0 Å². The van der Waals surface area contributed by atoms with Gasteiger partial charge in [0.15, 0.2) is 0 Å². The van der Waals surface area contributed by atoms with Crippen LogP contribution < -0.4 is 10.9 Å². The van der Waals surface area contributed by atoms with E-state index in [4.69, 9.17) is 0 Å². The number of carbonyl (C=O) groups excluding carboxylic acids is 1. The first-order valence-corrected chi connectivity index (χ1v) is 7.13. The van der Waals surface area contributed by atoms with Crippen molar-refractivity contribution >= 4 is 5.91 Å². The summed E-state index contributed by atoms with van der Waals surface area (Å²) >= 11 is 0. The highest BCUT2D eigenvalue weighted by Gasteiger charge is 2.14.